The van der Waals surface area contributed by atoms with Crippen LogP contribution >= 0.6 is 0 Å². The second-order valence-corrected chi connectivity index (χ2v) is 2.68. The van der Waals surface area contributed by atoms with Crippen molar-refractivity contribution in [1.82, 2.24) is 9.55 Å². The zero-order valence-electron chi connectivity index (χ0n) is 7.52. The lowest BCUT2D eigenvalue weighted by Crippen LogP contribution is -2.05. The normalized spacial score (nSPS) is 12.1. The van der Waals surface area contributed by atoms with Crippen molar-refractivity contribution >= 4 is 0 Å². The molecule has 2 nitrogen and oxygen atoms in total. The number of aromatic nitrogens is 2. The number of alkyl halides is 3. The van der Waals surface area contributed by atoms with Crippen LogP contribution in [0.15, 0.2) is 6.20 Å². The number of rotatable bonds is 2. The van der Waals surface area contributed by atoms with Gasteiger partial charge < -0.3 is 4.57 Å². The van der Waals surface area contributed by atoms with Crippen LogP contribution in [-0.4, -0.2) is 9.55 Å². The summed E-state index contributed by atoms with van der Waals surface area (Å²) in [4.78, 5) is 3.51. The largest absolute Gasteiger partial charge is 0.434 e. The topological polar surface area (TPSA) is 17.8 Å². The SMILES string of the molecule is CCc1nc(C(F)(F)F)cn1CC. The molecule has 0 atom stereocenters. The van der Waals surface area contributed by atoms with E-state index in [1.807, 2.05) is 0 Å². The molecule has 0 saturated heterocycles. The molecule has 1 rings (SSSR count). The molecule has 0 aliphatic carbocycles. The van der Waals surface area contributed by atoms with Crippen LogP contribution in [0.3, 0.4) is 0 Å². The van der Waals surface area contributed by atoms with E-state index in [0.717, 1.165) is 6.20 Å². The van der Waals surface area contributed by atoms with E-state index in [2.05, 4.69) is 4.98 Å². The van der Waals surface area contributed by atoms with Gasteiger partial charge in [0.15, 0.2) is 5.69 Å². The fraction of sp³-hybridized carbons (Fsp3) is 0.625. The van der Waals surface area contributed by atoms with Crippen molar-refractivity contribution in [3.63, 3.8) is 0 Å². The van der Waals surface area contributed by atoms with Crippen LogP contribution in [0.5, 0.6) is 0 Å². The highest BCUT2D eigenvalue weighted by molar-refractivity contribution is 5.07. The molecular weight excluding hydrogens is 181 g/mol. The molecule has 1 heterocycles. The highest BCUT2D eigenvalue weighted by Crippen LogP contribution is 2.28. The molecule has 5 heteroatoms. The summed E-state index contributed by atoms with van der Waals surface area (Å²) in [5.41, 5.74) is -0.800. The summed E-state index contributed by atoms with van der Waals surface area (Å²) in [6, 6.07) is 0. The van der Waals surface area contributed by atoms with E-state index in [4.69, 9.17) is 0 Å². The minimum atomic E-state index is -4.33. The number of imidazole rings is 1. The van der Waals surface area contributed by atoms with Crippen LogP contribution in [0.4, 0.5) is 13.2 Å². The maximum Gasteiger partial charge on any atom is 0.434 e. The van der Waals surface area contributed by atoms with E-state index in [0.29, 0.717) is 18.8 Å². The highest BCUT2D eigenvalue weighted by Gasteiger charge is 2.34. The minimum absolute atomic E-state index is 0.481. The smallest absolute Gasteiger partial charge is 0.335 e. The zero-order chi connectivity index (χ0) is 10.1. The van der Waals surface area contributed by atoms with Crippen molar-refractivity contribution in [2.45, 2.75) is 33.0 Å². The third kappa shape index (κ3) is 2.02. The predicted octanol–water partition coefficient (Wildman–Crippen LogP) is 2.48. The second-order valence-electron chi connectivity index (χ2n) is 2.68. The van der Waals surface area contributed by atoms with Crippen LogP contribution in [0.1, 0.15) is 25.4 Å². The first-order valence-electron chi connectivity index (χ1n) is 4.12. The molecule has 0 N–H and O–H groups in total. The molecule has 0 aliphatic rings. The van der Waals surface area contributed by atoms with Crippen molar-refractivity contribution in [2.75, 3.05) is 0 Å². The highest BCUT2D eigenvalue weighted by atomic mass is 19.4. The van der Waals surface area contributed by atoms with Gasteiger partial charge in [0.05, 0.1) is 0 Å². The fourth-order valence-electron chi connectivity index (χ4n) is 1.15. The average molecular weight is 192 g/mol. The molecule has 0 spiro atoms. The lowest BCUT2D eigenvalue weighted by atomic mass is 10.4. The summed E-state index contributed by atoms with van der Waals surface area (Å²) in [5, 5.41) is 0. The number of nitrogens with zero attached hydrogens (tertiary/aromatic N) is 2. The Morgan fingerprint density at radius 2 is 2.00 bits per heavy atom. The Bertz CT molecular complexity index is 267. The quantitative estimate of drug-likeness (QED) is 0.703. The molecule has 0 bridgehead atoms. The molecule has 0 unspecified atom stereocenters. The Kier molecular flexibility index (Phi) is 2.63. The summed E-state index contributed by atoms with van der Waals surface area (Å²) < 4.78 is 38.1. The van der Waals surface area contributed by atoms with Crippen molar-refractivity contribution in [3.05, 3.63) is 17.7 Å². The van der Waals surface area contributed by atoms with Gasteiger partial charge in [0.25, 0.3) is 0 Å². The molecule has 0 radical (unpaired) electrons. The number of hydrogen-bond donors (Lipinski definition) is 0. The summed E-state index contributed by atoms with van der Waals surface area (Å²) in [5.74, 6) is 0.481. The Hall–Kier alpha value is -1.00. The molecule has 0 amide bonds. The lowest BCUT2D eigenvalue weighted by molar-refractivity contribution is -0.141. The maximum atomic E-state index is 12.2. The minimum Gasteiger partial charge on any atom is -0.335 e. The molecule has 0 saturated carbocycles. The summed E-state index contributed by atoms with van der Waals surface area (Å²) in [7, 11) is 0. The third-order valence-electron chi connectivity index (χ3n) is 1.81. The molecule has 74 valence electrons. The Balaban J connectivity index is 3.07. The van der Waals surface area contributed by atoms with E-state index < -0.39 is 11.9 Å². The molecule has 13 heavy (non-hydrogen) atoms. The van der Waals surface area contributed by atoms with Crippen LogP contribution < -0.4 is 0 Å². The van der Waals surface area contributed by atoms with E-state index in [1.165, 1.54) is 4.57 Å². The molecular formula is C8H11F3N2. The molecule has 0 aromatic carbocycles. The van der Waals surface area contributed by atoms with Gasteiger partial charge in [-0.05, 0) is 6.92 Å². The monoisotopic (exact) mass is 192 g/mol. The van der Waals surface area contributed by atoms with Crippen LogP contribution in [-0.2, 0) is 19.1 Å². The van der Waals surface area contributed by atoms with E-state index in [1.54, 1.807) is 13.8 Å². The zero-order valence-corrected chi connectivity index (χ0v) is 7.52. The molecule has 0 fully saturated rings. The van der Waals surface area contributed by atoms with Crippen molar-refractivity contribution in [1.29, 1.82) is 0 Å². The van der Waals surface area contributed by atoms with Gasteiger partial charge in [-0.15, -0.1) is 0 Å². The van der Waals surface area contributed by atoms with Crippen LogP contribution in [0, 0.1) is 0 Å². The van der Waals surface area contributed by atoms with Gasteiger partial charge in [-0.25, -0.2) is 4.98 Å². The van der Waals surface area contributed by atoms with Crippen molar-refractivity contribution < 1.29 is 13.2 Å². The van der Waals surface area contributed by atoms with E-state index >= 15 is 0 Å². The maximum absolute atomic E-state index is 12.2. The van der Waals surface area contributed by atoms with Gasteiger partial charge in [0.2, 0.25) is 0 Å². The number of halogens is 3. The Morgan fingerprint density at radius 1 is 1.38 bits per heavy atom. The fourth-order valence-corrected chi connectivity index (χ4v) is 1.15. The predicted molar refractivity (Wildman–Crippen MR) is 42.3 cm³/mol. The summed E-state index contributed by atoms with van der Waals surface area (Å²) in [6.07, 6.45) is -2.76. The first kappa shape index (κ1) is 10.1. The summed E-state index contributed by atoms with van der Waals surface area (Å²) >= 11 is 0. The number of aryl methyl sites for hydroxylation is 2. The van der Waals surface area contributed by atoms with Gasteiger partial charge in [-0.1, -0.05) is 6.92 Å². The standard InChI is InChI=1S/C8H11F3N2/c1-3-7-12-6(8(9,10)11)5-13(7)4-2/h5H,3-4H2,1-2H3. The van der Waals surface area contributed by atoms with Crippen molar-refractivity contribution in [2.24, 2.45) is 0 Å². The van der Waals surface area contributed by atoms with Gasteiger partial charge >= 0.3 is 6.18 Å². The Morgan fingerprint density at radius 3 is 2.31 bits per heavy atom. The van der Waals surface area contributed by atoms with Crippen LogP contribution in [0.2, 0.25) is 0 Å². The Labute approximate surface area is 74.4 Å². The van der Waals surface area contributed by atoms with Gasteiger partial charge in [-0.2, -0.15) is 13.2 Å². The van der Waals surface area contributed by atoms with Crippen LogP contribution in [0.25, 0.3) is 0 Å². The van der Waals surface area contributed by atoms with E-state index in [-0.39, 0.29) is 0 Å². The van der Waals surface area contributed by atoms with Crippen molar-refractivity contribution in [3.8, 4) is 0 Å². The van der Waals surface area contributed by atoms with Gasteiger partial charge in [0, 0.05) is 19.2 Å². The summed E-state index contributed by atoms with van der Waals surface area (Å²) in [6.45, 7) is 4.10. The lowest BCUT2D eigenvalue weighted by Gasteiger charge is -1.99. The van der Waals surface area contributed by atoms with Gasteiger partial charge in [0.1, 0.15) is 5.82 Å². The molecule has 1 aromatic heterocycles. The molecule has 1 aromatic rings. The third-order valence-corrected chi connectivity index (χ3v) is 1.81. The molecule has 0 aliphatic heterocycles. The average Bonchev–Trinajstić information content (AvgIpc) is 2.45. The second kappa shape index (κ2) is 3.40. The van der Waals surface area contributed by atoms with Gasteiger partial charge in [-0.3, -0.25) is 0 Å². The van der Waals surface area contributed by atoms with E-state index in [9.17, 15) is 13.2 Å². The number of hydrogen-bond acceptors (Lipinski definition) is 1. The first-order chi connectivity index (χ1) is 5.99. The first-order valence-corrected chi connectivity index (χ1v) is 4.12.